The Bertz CT molecular complexity index is 1300. The summed E-state index contributed by atoms with van der Waals surface area (Å²) in [6.45, 7) is 4.93. The fraction of sp³-hybridized carbons (Fsp3) is 0.318. The van der Waals surface area contributed by atoms with Gasteiger partial charge in [-0.1, -0.05) is 6.07 Å². The monoisotopic (exact) mass is 387 g/mol. The van der Waals surface area contributed by atoms with Gasteiger partial charge in [0.05, 0.1) is 35.3 Å². The van der Waals surface area contributed by atoms with Crippen molar-refractivity contribution in [3.63, 3.8) is 0 Å². The third-order valence-corrected chi connectivity index (χ3v) is 6.31. The third-order valence-electron chi connectivity index (χ3n) is 6.31. The molecule has 2 aliphatic heterocycles. The van der Waals surface area contributed by atoms with Crippen LogP contribution in [-0.2, 0) is 10.2 Å². The number of rotatable bonds is 3. The minimum atomic E-state index is -0.198. The van der Waals surface area contributed by atoms with Gasteiger partial charge < -0.3 is 14.5 Å². The van der Waals surface area contributed by atoms with Gasteiger partial charge in [-0.15, -0.1) is 0 Å². The summed E-state index contributed by atoms with van der Waals surface area (Å²) in [6.07, 6.45) is 7.75. The second-order valence-corrected chi connectivity index (χ2v) is 8.67. The van der Waals surface area contributed by atoms with Crippen molar-refractivity contribution < 1.29 is 9.53 Å². The van der Waals surface area contributed by atoms with Crippen LogP contribution in [0, 0.1) is 6.92 Å². The molecule has 29 heavy (non-hydrogen) atoms. The SMILES string of the molecule is Cc1cc(NC(=O)c2cccc3ccnn23)cn2cc(C34COC(C)(C3)C4)nc12. The summed E-state index contributed by atoms with van der Waals surface area (Å²) in [7, 11) is 0. The number of hydrogen-bond donors (Lipinski definition) is 1. The van der Waals surface area contributed by atoms with Crippen LogP contribution in [0.15, 0.2) is 48.9 Å². The highest BCUT2D eigenvalue weighted by atomic mass is 16.5. The Labute approximate surface area is 167 Å². The third kappa shape index (κ3) is 2.37. The molecule has 146 valence electrons. The number of nitrogens with one attached hydrogen (secondary N) is 1. The average Bonchev–Trinajstić information content (AvgIpc) is 3.41. The van der Waals surface area contributed by atoms with Crippen molar-refractivity contribution in [3.05, 3.63) is 65.9 Å². The number of imidazole rings is 1. The first kappa shape index (κ1) is 16.7. The second-order valence-electron chi connectivity index (χ2n) is 8.67. The number of ether oxygens (including phenoxy) is 1. The summed E-state index contributed by atoms with van der Waals surface area (Å²) in [4.78, 5) is 17.8. The number of fused-ring (bicyclic) bond motifs is 3. The molecule has 7 nitrogen and oxygen atoms in total. The highest BCUT2D eigenvalue weighted by Gasteiger charge is 2.61. The Kier molecular flexibility index (Phi) is 3.14. The van der Waals surface area contributed by atoms with Gasteiger partial charge in [0.15, 0.2) is 0 Å². The topological polar surface area (TPSA) is 72.9 Å². The predicted octanol–water partition coefficient (Wildman–Crippen LogP) is 3.36. The molecule has 7 heteroatoms. The van der Waals surface area contributed by atoms with Gasteiger partial charge in [-0.25, -0.2) is 9.50 Å². The molecule has 1 amide bonds. The Hall–Kier alpha value is -3.19. The van der Waals surface area contributed by atoms with Crippen LogP contribution in [0.2, 0.25) is 0 Å². The first-order valence-corrected chi connectivity index (χ1v) is 9.83. The lowest BCUT2D eigenvalue weighted by molar-refractivity contribution is 0.0154. The lowest BCUT2D eigenvalue weighted by atomic mass is 9.62. The van der Waals surface area contributed by atoms with Crippen molar-refractivity contribution in [2.24, 2.45) is 0 Å². The summed E-state index contributed by atoms with van der Waals surface area (Å²) in [6, 6.07) is 9.38. The summed E-state index contributed by atoms with van der Waals surface area (Å²) < 4.78 is 9.59. The Balaban J connectivity index is 1.34. The van der Waals surface area contributed by atoms with Gasteiger partial charge in [0.2, 0.25) is 0 Å². The molecule has 1 N–H and O–H groups in total. The van der Waals surface area contributed by atoms with Gasteiger partial charge >= 0.3 is 0 Å². The number of aromatic nitrogens is 4. The summed E-state index contributed by atoms with van der Waals surface area (Å²) in [5.74, 6) is -0.198. The zero-order valence-electron chi connectivity index (χ0n) is 16.3. The molecule has 0 unspecified atom stereocenters. The van der Waals surface area contributed by atoms with Gasteiger partial charge in [-0.2, -0.15) is 5.10 Å². The van der Waals surface area contributed by atoms with Crippen LogP contribution < -0.4 is 5.32 Å². The highest BCUT2D eigenvalue weighted by molar-refractivity contribution is 6.03. The molecule has 1 aliphatic carbocycles. The van der Waals surface area contributed by atoms with Crippen LogP contribution >= 0.6 is 0 Å². The van der Waals surface area contributed by atoms with Crippen LogP contribution in [0.25, 0.3) is 11.2 Å². The predicted molar refractivity (Wildman–Crippen MR) is 108 cm³/mol. The number of amides is 1. The van der Waals surface area contributed by atoms with Gasteiger partial charge in [0, 0.05) is 17.8 Å². The Morgan fingerprint density at radius 2 is 2.10 bits per heavy atom. The number of pyridine rings is 2. The van der Waals surface area contributed by atoms with Crippen molar-refractivity contribution >= 4 is 22.8 Å². The van der Waals surface area contributed by atoms with E-state index in [2.05, 4.69) is 23.5 Å². The number of anilines is 1. The summed E-state index contributed by atoms with van der Waals surface area (Å²) in [5, 5.41) is 7.25. The van der Waals surface area contributed by atoms with Crippen molar-refractivity contribution in [1.82, 2.24) is 19.0 Å². The van der Waals surface area contributed by atoms with E-state index < -0.39 is 0 Å². The lowest BCUT2D eigenvalue weighted by Crippen LogP contribution is -2.45. The minimum Gasteiger partial charge on any atom is -0.374 e. The summed E-state index contributed by atoms with van der Waals surface area (Å²) in [5.41, 5.74) is 5.20. The first-order valence-electron chi connectivity index (χ1n) is 9.83. The molecule has 4 aromatic heterocycles. The average molecular weight is 387 g/mol. The van der Waals surface area contributed by atoms with E-state index in [1.807, 2.05) is 41.8 Å². The van der Waals surface area contributed by atoms with E-state index in [1.165, 1.54) is 0 Å². The maximum Gasteiger partial charge on any atom is 0.274 e. The molecule has 7 rings (SSSR count). The molecule has 0 spiro atoms. The second kappa shape index (κ2) is 5.45. The van der Waals surface area contributed by atoms with Crippen molar-refractivity contribution in [1.29, 1.82) is 0 Å². The normalized spacial score (nSPS) is 25.4. The number of carbonyl (C=O) groups is 1. The zero-order valence-corrected chi connectivity index (χ0v) is 16.3. The molecular formula is C22H21N5O2. The molecular weight excluding hydrogens is 366 g/mol. The zero-order chi connectivity index (χ0) is 19.8. The quantitative estimate of drug-likeness (QED) is 0.585. The smallest absolute Gasteiger partial charge is 0.274 e. The molecule has 4 aromatic rings. The van der Waals surface area contributed by atoms with E-state index in [0.29, 0.717) is 5.69 Å². The number of nitrogens with zero attached hydrogens (tertiary/aromatic N) is 4. The fourth-order valence-electron chi connectivity index (χ4n) is 5.06. The van der Waals surface area contributed by atoms with Crippen LogP contribution in [0.3, 0.4) is 0 Å². The first-order chi connectivity index (χ1) is 13.9. The van der Waals surface area contributed by atoms with E-state index in [9.17, 15) is 4.79 Å². The molecule has 6 heterocycles. The molecule has 0 aromatic carbocycles. The van der Waals surface area contributed by atoms with Crippen LogP contribution in [-0.4, -0.2) is 37.1 Å². The number of hydrogen-bond acceptors (Lipinski definition) is 4. The van der Waals surface area contributed by atoms with E-state index in [-0.39, 0.29) is 16.9 Å². The molecule has 2 bridgehead atoms. The van der Waals surface area contributed by atoms with Crippen LogP contribution in [0.1, 0.15) is 41.5 Å². The number of aryl methyl sites for hydroxylation is 1. The molecule has 3 fully saturated rings. The van der Waals surface area contributed by atoms with Gasteiger partial charge in [-0.3, -0.25) is 4.79 Å². The standard InChI is InChI=1S/C22H21N5O2/c1-14-8-15(24-20(28)17-5-3-4-16-6-7-23-27(16)17)9-26-10-18(25-19(14)26)22-11-21(2,12-22)29-13-22/h3-10H,11-13H2,1-2H3,(H,24,28). The Morgan fingerprint density at radius 3 is 2.90 bits per heavy atom. The minimum absolute atomic E-state index is 0.0253. The van der Waals surface area contributed by atoms with E-state index >= 15 is 0 Å². The van der Waals surface area contributed by atoms with Crippen molar-refractivity contribution in [2.45, 2.75) is 37.7 Å². The maximum absolute atomic E-state index is 12.9. The van der Waals surface area contributed by atoms with Crippen LogP contribution in [0.5, 0.6) is 0 Å². The molecule has 2 saturated heterocycles. The van der Waals surface area contributed by atoms with Gasteiger partial charge in [0.25, 0.3) is 5.91 Å². The Morgan fingerprint density at radius 1 is 1.24 bits per heavy atom. The molecule has 0 atom stereocenters. The van der Waals surface area contributed by atoms with E-state index in [4.69, 9.17) is 9.72 Å². The van der Waals surface area contributed by atoms with E-state index in [0.717, 1.165) is 47.6 Å². The van der Waals surface area contributed by atoms with Crippen molar-refractivity contribution in [2.75, 3.05) is 11.9 Å². The van der Waals surface area contributed by atoms with Crippen molar-refractivity contribution in [3.8, 4) is 0 Å². The summed E-state index contributed by atoms with van der Waals surface area (Å²) >= 11 is 0. The molecule has 3 aliphatic rings. The lowest BCUT2D eigenvalue weighted by Gasteiger charge is -2.41. The molecule has 1 saturated carbocycles. The largest absolute Gasteiger partial charge is 0.374 e. The van der Waals surface area contributed by atoms with Gasteiger partial charge in [0.1, 0.15) is 11.3 Å². The number of carbonyl (C=O) groups excluding carboxylic acids is 1. The van der Waals surface area contributed by atoms with Gasteiger partial charge in [-0.05, 0) is 56.5 Å². The highest BCUT2D eigenvalue weighted by Crippen LogP contribution is 2.58. The fourth-order valence-corrected chi connectivity index (χ4v) is 5.06. The van der Waals surface area contributed by atoms with E-state index in [1.54, 1.807) is 16.8 Å². The van der Waals surface area contributed by atoms with Crippen LogP contribution in [0.4, 0.5) is 5.69 Å². The molecule has 0 radical (unpaired) electrons. The maximum atomic E-state index is 12.9.